The summed E-state index contributed by atoms with van der Waals surface area (Å²) in [5, 5.41) is -1.33. The lowest BCUT2D eigenvalue weighted by atomic mass is 10.1. The molecule has 0 bridgehead atoms. The van der Waals surface area contributed by atoms with Gasteiger partial charge in [-0.25, -0.2) is 12.8 Å². The molecule has 0 aliphatic rings. The van der Waals surface area contributed by atoms with E-state index < -0.39 is 21.1 Å². The second kappa shape index (κ2) is 6.64. The molecule has 0 aliphatic carbocycles. The maximum Gasteiger partial charge on any atom is 0.285 e. The quantitative estimate of drug-likeness (QED) is 0.748. The minimum Gasteiger partial charge on any atom is -0.278 e. The third kappa shape index (κ3) is 3.63. The van der Waals surface area contributed by atoms with Gasteiger partial charge >= 0.3 is 0 Å². The molecule has 100 valence electrons. The average Bonchev–Trinajstić information content (AvgIpc) is 2.39. The molecule has 1 rings (SSSR count). The van der Waals surface area contributed by atoms with Gasteiger partial charge in [0.05, 0.1) is 4.90 Å². The minimum atomic E-state index is -4.19. The van der Waals surface area contributed by atoms with Crippen LogP contribution in [0.3, 0.4) is 0 Å². The molecule has 0 fully saturated rings. The van der Waals surface area contributed by atoms with Gasteiger partial charge < -0.3 is 0 Å². The number of carbonyl (C=O) groups excluding carboxylic acids is 1. The van der Waals surface area contributed by atoms with Gasteiger partial charge in [-0.2, -0.15) is 0 Å². The fourth-order valence-corrected chi connectivity index (χ4v) is 2.78. The lowest BCUT2D eigenvalue weighted by Gasteiger charge is -2.07. The van der Waals surface area contributed by atoms with Crippen LogP contribution in [0, 0.1) is 0 Å². The van der Waals surface area contributed by atoms with E-state index in [0.717, 1.165) is 12.8 Å². The van der Waals surface area contributed by atoms with Crippen molar-refractivity contribution in [2.45, 2.75) is 43.7 Å². The summed E-state index contributed by atoms with van der Waals surface area (Å²) in [6, 6.07) is 7.24. The summed E-state index contributed by atoms with van der Waals surface area (Å²) in [7, 11) is -4.19. The Kier molecular flexibility index (Phi) is 5.47. The Morgan fingerprint density at radius 3 is 2.39 bits per heavy atom. The molecule has 0 spiro atoms. The Balaban J connectivity index is 2.77. The molecule has 0 amide bonds. The zero-order chi connectivity index (χ0) is 13.6. The highest BCUT2D eigenvalue weighted by molar-refractivity contribution is 8.06. The van der Waals surface area contributed by atoms with Crippen LogP contribution in [-0.4, -0.2) is 19.7 Å². The summed E-state index contributed by atoms with van der Waals surface area (Å²) in [6.07, 6.45) is 0.250. The monoisotopic (exact) mass is 272 g/mol. The van der Waals surface area contributed by atoms with Crippen molar-refractivity contribution in [2.75, 3.05) is 0 Å². The number of alkyl halides is 1. The molecule has 3 nitrogen and oxygen atoms in total. The third-order valence-electron chi connectivity index (χ3n) is 2.64. The predicted octanol–water partition coefficient (Wildman–Crippen LogP) is 2.91. The number of carbonyl (C=O) groups is 1. The number of halogens is 1. The van der Waals surface area contributed by atoms with Crippen molar-refractivity contribution in [3.63, 3.8) is 0 Å². The average molecular weight is 272 g/mol. The Morgan fingerprint density at radius 1 is 1.22 bits per heavy atom. The molecule has 0 saturated heterocycles. The SMILES string of the molecule is CCCCCC(F)C(=O)S(=O)(=O)c1ccccc1. The van der Waals surface area contributed by atoms with E-state index in [4.69, 9.17) is 0 Å². The second-order valence-corrected chi connectivity index (χ2v) is 5.98. The van der Waals surface area contributed by atoms with Crippen molar-refractivity contribution in [1.29, 1.82) is 0 Å². The van der Waals surface area contributed by atoms with Crippen molar-refractivity contribution < 1.29 is 17.6 Å². The molecule has 0 radical (unpaired) electrons. The smallest absolute Gasteiger partial charge is 0.278 e. The van der Waals surface area contributed by atoms with Gasteiger partial charge in [0, 0.05) is 0 Å². The van der Waals surface area contributed by atoms with Crippen molar-refractivity contribution in [2.24, 2.45) is 0 Å². The van der Waals surface area contributed by atoms with Crippen LogP contribution in [0.4, 0.5) is 4.39 Å². The van der Waals surface area contributed by atoms with Crippen LogP contribution in [0.25, 0.3) is 0 Å². The summed E-state index contributed by atoms with van der Waals surface area (Å²) >= 11 is 0. The lowest BCUT2D eigenvalue weighted by Crippen LogP contribution is -2.25. The van der Waals surface area contributed by atoms with Gasteiger partial charge in [-0.05, 0) is 18.6 Å². The fraction of sp³-hybridized carbons (Fsp3) is 0.462. The Bertz CT molecular complexity index is 482. The molecule has 18 heavy (non-hydrogen) atoms. The van der Waals surface area contributed by atoms with Gasteiger partial charge in [0.25, 0.3) is 5.12 Å². The van der Waals surface area contributed by atoms with Gasteiger partial charge in [-0.3, -0.25) is 4.79 Å². The van der Waals surface area contributed by atoms with Gasteiger partial charge in [0.15, 0.2) is 6.17 Å². The summed E-state index contributed by atoms with van der Waals surface area (Å²) in [5.74, 6) is 0. The number of hydrogen-bond donors (Lipinski definition) is 0. The van der Waals surface area contributed by atoms with E-state index in [2.05, 4.69) is 0 Å². The number of sulfone groups is 1. The largest absolute Gasteiger partial charge is 0.285 e. The molecule has 1 unspecified atom stereocenters. The van der Waals surface area contributed by atoms with Crippen LogP contribution in [-0.2, 0) is 14.6 Å². The van der Waals surface area contributed by atoms with Crippen molar-refractivity contribution in [3.05, 3.63) is 30.3 Å². The fourth-order valence-electron chi connectivity index (χ4n) is 1.58. The van der Waals surface area contributed by atoms with Gasteiger partial charge in [0.1, 0.15) is 0 Å². The van der Waals surface area contributed by atoms with E-state index in [1.165, 1.54) is 24.3 Å². The Hall–Kier alpha value is -1.23. The van der Waals surface area contributed by atoms with E-state index in [0.29, 0.717) is 6.42 Å². The topological polar surface area (TPSA) is 51.2 Å². The van der Waals surface area contributed by atoms with Crippen molar-refractivity contribution >= 4 is 15.0 Å². The van der Waals surface area contributed by atoms with Gasteiger partial charge in [-0.15, -0.1) is 0 Å². The number of rotatable bonds is 6. The summed E-state index contributed by atoms with van der Waals surface area (Å²) in [5.41, 5.74) is 0. The standard InChI is InChI=1S/C13H17FO3S/c1-2-3-5-10-12(14)13(15)18(16,17)11-8-6-4-7-9-11/h4,6-9,12H,2-3,5,10H2,1H3. The van der Waals surface area contributed by atoms with E-state index >= 15 is 0 Å². The Morgan fingerprint density at radius 2 is 1.83 bits per heavy atom. The molecule has 0 N–H and O–H groups in total. The molecule has 1 aromatic carbocycles. The van der Waals surface area contributed by atoms with Crippen LogP contribution >= 0.6 is 0 Å². The lowest BCUT2D eigenvalue weighted by molar-refractivity contribution is -0.116. The first-order valence-electron chi connectivity index (χ1n) is 5.98. The first kappa shape index (κ1) is 14.8. The maximum atomic E-state index is 13.6. The molecule has 5 heteroatoms. The zero-order valence-electron chi connectivity index (χ0n) is 10.3. The first-order valence-corrected chi connectivity index (χ1v) is 7.46. The zero-order valence-corrected chi connectivity index (χ0v) is 11.1. The first-order chi connectivity index (χ1) is 8.50. The number of unbranched alkanes of at least 4 members (excludes halogenated alkanes) is 2. The molecule has 1 atom stereocenters. The van der Waals surface area contributed by atoms with E-state index in [1.807, 2.05) is 6.92 Å². The molecule has 0 saturated carbocycles. The highest BCUT2D eigenvalue weighted by Crippen LogP contribution is 2.17. The van der Waals surface area contributed by atoms with Crippen LogP contribution < -0.4 is 0 Å². The van der Waals surface area contributed by atoms with Crippen LogP contribution in [0.1, 0.15) is 32.6 Å². The highest BCUT2D eigenvalue weighted by Gasteiger charge is 2.31. The molecule has 0 aliphatic heterocycles. The second-order valence-electron chi connectivity index (χ2n) is 4.10. The van der Waals surface area contributed by atoms with Crippen LogP contribution in [0.5, 0.6) is 0 Å². The summed E-state index contributed by atoms with van der Waals surface area (Å²) in [6.45, 7) is 1.95. The van der Waals surface area contributed by atoms with E-state index in [9.17, 15) is 17.6 Å². The van der Waals surface area contributed by atoms with Gasteiger partial charge in [-0.1, -0.05) is 44.4 Å². The number of benzene rings is 1. The molecule has 1 aromatic rings. The molecular formula is C13H17FO3S. The van der Waals surface area contributed by atoms with E-state index in [1.54, 1.807) is 6.07 Å². The molecule has 0 heterocycles. The normalized spacial score (nSPS) is 13.2. The van der Waals surface area contributed by atoms with Gasteiger partial charge in [0.2, 0.25) is 9.84 Å². The maximum absolute atomic E-state index is 13.6. The third-order valence-corrected chi connectivity index (χ3v) is 4.31. The summed E-state index contributed by atoms with van der Waals surface area (Å²) in [4.78, 5) is 11.5. The predicted molar refractivity (Wildman–Crippen MR) is 67.7 cm³/mol. The minimum absolute atomic E-state index is 0.0290. The van der Waals surface area contributed by atoms with Crippen molar-refractivity contribution in [3.8, 4) is 0 Å². The number of hydrogen-bond acceptors (Lipinski definition) is 3. The van der Waals surface area contributed by atoms with Crippen molar-refractivity contribution in [1.82, 2.24) is 0 Å². The van der Waals surface area contributed by atoms with Crippen LogP contribution in [0.2, 0.25) is 0 Å². The summed E-state index contributed by atoms with van der Waals surface area (Å²) < 4.78 is 37.2. The van der Waals surface area contributed by atoms with Crippen LogP contribution in [0.15, 0.2) is 35.2 Å². The van der Waals surface area contributed by atoms with E-state index in [-0.39, 0.29) is 11.3 Å². The molecular weight excluding hydrogens is 255 g/mol. The molecule has 0 aromatic heterocycles. The highest BCUT2D eigenvalue weighted by atomic mass is 32.2. The Labute approximate surface area is 107 Å².